The van der Waals surface area contributed by atoms with Crippen LogP contribution in [0.25, 0.3) is 0 Å². The Morgan fingerprint density at radius 3 is 1.56 bits per heavy atom. The number of ether oxygens (including phenoxy) is 7. The Kier molecular flexibility index (Phi) is 26.6. The van der Waals surface area contributed by atoms with Gasteiger partial charge in [0.2, 0.25) is 0 Å². The number of alkyl halides is 1. The minimum atomic E-state index is -1.19. The van der Waals surface area contributed by atoms with E-state index >= 15 is 0 Å². The van der Waals surface area contributed by atoms with Gasteiger partial charge < -0.3 is 14.2 Å². The third-order valence-corrected chi connectivity index (χ3v) is 21.0. The maximum absolute atomic E-state index is 12.7. The van der Waals surface area contributed by atoms with Crippen molar-refractivity contribution < 1.29 is 42.7 Å². The van der Waals surface area contributed by atoms with Crippen molar-refractivity contribution in [2.24, 2.45) is 0 Å². The Balaban J connectivity index is 0.000000208. The molecule has 8 rings (SSSR count). The molecule has 0 aliphatic carbocycles. The van der Waals surface area contributed by atoms with Crippen molar-refractivity contribution in [3.8, 4) is 0 Å². The zero-order chi connectivity index (χ0) is 58.6. The van der Waals surface area contributed by atoms with Crippen LogP contribution in [0.4, 0.5) is 0 Å². The molecular formula is C68H87IO9Se2Si. The molecule has 436 valence electrons. The van der Waals surface area contributed by atoms with Crippen molar-refractivity contribution in [3.63, 3.8) is 0 Å². The molecule has 0 saturated carbocycles. The molecule has 2 saturated heterocycles. The average Bonchev–Trinajstić information content (AvgIpc) is 3.90. The summed E-state index contributed by atoms with van der Waals surface area (Å²) >= 11 is 2.85. The molecular weight excluding hydrogens is 1270 g/mol. The Bertz CT molecular complexity index is 2870. The first kappa shape index (κ1) is 66.3. The number of halogens is 1. The van der Waals surface area contributed by atoms with E-state index in [-0.39, 0.29) is 55.9 Å². The third kappa shape index (κ3) is 22.6. The van der Waals surface area contributed by atoms with Crippen LogP contribution in [0, 0.1) is 27.7 Å². The van der Waals surface area contributed by atoms with E-state index in [0.717, 1.165) is 68.4 Å². The summed E-state index contributed by atoms with van der Waals surface area (Å²) in [6.07, 6.45) is 2.74. The molecule has 6 aromatic carbocycles. The van der Waals surface area contributed by atoms with Crippen molar-refractivity contribution in [1.82, 2.24) is 0 Å². The number of carbonyl (C=O) groups excluding carboxylic acids is 2. The summed E-state index contributed by atoms with van der Waals surface area (Å²) in [5.41, 5.74) is 10.8. The number of benzene rings is 6. The van der Waals surface area contributed by atoms with Gasteiger partial charge in [-0.3, -0.25) is 0 Å². The first-order chi connectivity index (χ1) is 38.6. The van der Waals surface area contributed by atoms with Gasteiger partial charge in [-0.25, -0.2) is 0 Å². The van der Waals surface area contributed by atoms with Crippen LogP contribution in [-0.4, -0.2) is 110 Å². The van der Waals surface area contributed by atoms with Gasteiger partial charge >= 0.3 is 387 Å². The molecule has 0 bridgehead atoms. The number of Topliss-reactive ketones (excluding diaryl/α,β-unsaturated/α-hetero) is 1. The first-order valence-corrected chi connectivity index (χ1v) is 37.5. The van der Waals surface area contributed by atoms with Crippen molar-refractivity contribution in [3.05, 3.63) is 201 Å². The fourth-order valence-electron chi connectivity index (χ4n) is 10.1. The standard InChI is InChI=1S/C32H38O4Se.C21H28O2SeSi.C15H21IO3/c1-22-18-23(2)31(24(3)33)27(19-22)30(37-26-14-10-7-11-15-26)17-16-28-29(36-32(4,5)35-28)21-34-20-25-12-8-6-9-13-25;1-16-13-17(2)20(21(22)23-11-12-25(3,4)5)18(14-16)15-24-19-9-7-6-8-10-19;1-15(2)18-13(8-9-16)14(19-15)11-17-10-12-6-4-3-5-7-12/h6-15,18-19,28-30H,16-17,20-21H2,1-5H3;6-10,13-14H,11-12,15H2,1-5H3;3-7,13-14H,8-11H2,1-2H3/t28-,29+,30?;;13-,14+/m0.0/s1. The van der Waals surface area contributed by atoms with E-state index in [1.54, 1.807) is 6.92 Å². The molecule has 0 aromatic heterocycles. The molecule has 0 radical (unpaired) electrons. The van der Waals surface area contributed by atoms with Crippen LogP contribution in [0.15, 0.2) is 146 Å². The fourth-order valence-corrected chi connectivity index (χ4v) is 15.8. The molecule has 2 aliphatic rings. The first-order valence-electron chi connectivity index (χ1n) is 28.4. The van der Waals surface area contributed by atoms with Gasteiger partial charge in [0.15, 0.2) is 5.79 Å². The summed E-state index contributed by atoms with van der Waals surface area (Å²) in [6, 6.07) is 51.1. The Morgan fingerprint density at radius 1 is 0.605 bits per heavy atom. The van der Waals surface area contributed by atoms with E-state index in [2.05, 4.69) is 166 Å². The van der Waals surface area contributed by atoms with Crippen LogP contribution in [0.3, 0.4) is 0 Å². The van der Waals surface area contributed by atoms with Gasteiger partial charge in [-0.05, 0) is 25.8 Å². The van der Waals surface area contributed by atoms with Gasteiger partial charge in [-0.2, -0.15) is 0 Å². The van der Waals surface area contributed by atoms with Gasteiger partial charge in [-0.1, -0.05) is 52.9 Å². The number of aryl methyl sites for hydroxylation is 4. The second kappa shape index (κ2) is 32.5. The van der Waals surface area contributed by atoms with E-state index < -0.39 is 19.6 Å². The Labute approximate surface area is 512 Å². The second-order valence-corrected chi connectivity index (χ2v) is 34.7. The molecule has 0 amide bonds. The molecule has 6 aromatic rings. The minimum absolute atomic E-state index is 0.0356. The molecule has 5 atom stereocenters. The van der Waals surface area contributed by atoms with Crippen LogP contribution in [0.2, 0.25) is 25.7 Å². The number of hydrogen-bond acceptors (Lipinski definition) is 9. The summed E-state index contributed by atoms with van der Waals surface area (Å²) in [5, 5.41) is 0.915. The Hall–Kier alpha value is -3.79. The SMILES string of the molecule is CC(=O)c1c(C)cc(C)cc1C(CC[C@@H]1OC(C)(C)O[C@@H]1COCc1ccccc1)[Se]c1ccccc1.CC1(C)O[C@@H](CCI)[C@@H](COCc2ccccc2)O1.Cc1cc(C)c(C(=O)OCC[Si](C)(C)C)c(C[Se]c2ccccc2)c1. The number of hydrogen-bond donors (Lipinski definition) is 0. The van der Waals surface area contributed by atoms with E-state index in [1.165, 1.54) is 31.2 Å². The quantitative estimate of drug-likeness (QED) is 0.0193. The number of carbonyl (C=O) groups is 2. The van der Waals surface area contributed by atoms with Crippen LogP contribution in [-0.2, 0) is 51.7 Å². The number of rotatable bonds is 24. The van der Waals surface area contributed by atoms with Gasteiger partial charge in [0.1, 0.15) is 6.10 Å². The summed E-state index contributed by atoms with van der Waals surface area (Å²) in [4.78, 5) is 25.7. The molecule has 2 heterocycles. The van der Waals surface area contributed by atoms with Crippen molar-refractivity contribution in [1.29, 1.82) is 0 Å². The summed E-state index contributed by atoms with van der Waals surface area (Å²) < 4.78 is 45.6. The van der Waals surface area contributed by atoms with Gasteiger partial charge in [-0.15, -0.1) is 0 Å². The van der Waals surface area contributed by atoms with Crippen LogP contribution in [0.5, 0.6) is 0 Å². The van der Waals surface area contributed by atoms with Crippen LogP contribution < -0.4 is 8.92 Å². The average molecular weight is 1360 g/mol. The van der Waals surface area contributed by atoms with Gasteiger partial charge in [0, 0.05) is 4.43 Å². The molecule has 2 aliphatic heterocycles. The normalized spacial score (nSPS) is 18.5. The topological polar surface area (TPSA) is 98.8 Å². The van der Waals surface area contributed by atoms with Crippen LogP contribution >= 0.6 is 22.6 Å². The third-order valence-electron chi connectivity index (χ3n) is 13.7. The van der Waals surface area contributed by atoms with E-state index in [9.17, 15) is 9.59 Å². The van der Waals surface area contributed by atoms with Crippen molar-refractivity contribution in [2.45, 2.75) is 167 Å². The molecule has 0 spiro atoms. The molecule has 0 N–H and O–H groups in total. The number of ketones is 1. The van der Waals surface area contributed by atoms with Crippen molar-refractivity contribution >= 4 is 81.3 Å². The van der Waals surface area contributed by atoms with E-state index in [0.29, 0.717) is 48.0 Å². The second-order valence-electron chi connectivity index (χ2n) is 23.2. The molecule has 2 fully saturated rings. The summed E-state index contributed by atoms with van der Waals surface area (Å²) in [7, 11) is -1.19. The summed E-state index contributed by atoms with van der Waals surface area (Å²) in [6.45, 7) is 27.5. The molecule has 1 unspecified atom stereocenters. The maximum atomic E-state index is 12.7. The molecule has 13 heteroatoms. The molecule has 9 nitrogen and oxygen atoms in total. The predicted octanol–water partition coefficient (Wildman–Crippen LogP) is 14.0. The van der Waals surface area contributed by atoms with E-state index in [1.807, 2.05) is 77.1 Å². The van der Waals surface area contributed by atoms with Gasteiger partial charge in [0.25, 0.3) is 0 Å². The molecule has 81 heavy (non-hydrogen) atoms. The monoisotopic (exact) mass is 1360 g/mol. The number of esters is 1. The zero-order valence-corrected chi connectivity index (χ0v) is 56.5. The van der Waals surface area contributed by atoms with Gasteiger partial charge in [0.05, 0.1) is 19.3 Å². The Morgan fingerprint density at radius 2 is 1.06 bits per heavy atom. The van der Waals surface area contributed by atoms with E-state index in [4.69, 9.17) is 33.2 Å². The predicted molar refractivity (Wildman–Crippen MR) is 343 cm³/mol. The summed E-state index contributed by atoms with van der Waals surface area (Å²) in [5.74, 6) is -1.16. The van der Waals surface area contributed by atoms with Crippen molar-refractivity contribution in [2.75, 3.05) is 24.2 Å². The fraction of sp³-hybridized carbons (Fsp3) is 0.441. The van der Waals surface area contributed by atoms with Crippen LogP contribution in [0.1, 0.15) is 124 Å². The zero-order valence-electron chi connectivity index (χ0n) is 49.9.